The molecule has 1 rings (SSSR count). The van der Waals surface area contributed by atoms with Gasteiger partial charge in [-0.15, -0.1) is 0 Å². The van der Waals surface area contributed by atoms with Crippen molar-refractivity contribution >= 4 is 25.4 Å². The molecule has 11 heteroatoms. The highest BCUT2D eigenvalue weighted by Gasteiger charge is 2.39. The highest BCUT2D eigenvalue weighted by Crippen LogP contribution is 2.62. The molecular formula is C23H36NO9P. The molecule has 0 fully saturated rings. The third kappa shape index (κ3) is 9.54. The topological polar surface area (TPSA) is 129 Å². The Hall–Kier alpha value is -2.26. The Labute approximate surface area is 201 Å². The van der Waals surface area contributed by atoms with Crippen LogP contribution in [0.5, 0.6) is 0 Å². The van der Waals surface area contributed by atoms with Crippen molar-refractivity contribution in [3.63, 3.8) is 0 Å². The van der Waals surface area contributed by atoms with Crippen LogP contribution in [-0.4, -0.2) is 48.2 Å². The summed E-state index contributed by atoms with van der Waals surface area (Å²) in [6.07, 6.45) is -0.0161. The Balaban J connectivity index is 3.18. The highest BCUT2D eigenvalue weighted by molar-refractivity contribution is 7.54. The number of hydroxylamine groups is 2. The SMILES string of the molecule is CC(=O)N(O)CCC(c1ccccc1)P(=O)(OCOC(=O)C(C)(C)C)OCOC(=O)C(C)(C)C. The fourth-order valence-electron chi connectivity index (χ4n) is 2.54. The Kier molecular flexibility index (Phi) is 10.9. The highest BCUT2D eigenvalue weighted by atomic mass is 31.2. The quantitative estimate of drug-likeness (QED) is 0.151. The van der Waals surface area contributed by atoms with E-state index in [4.69, 9.17) is 18.5 Å². The first-order valence-corrected chi connectivity index (χ1v) is 12.4. The maximum atomic E-state index is 13.9. The van der Waals surface area contributed by atoms with E-state index in [1.165, 1.54) is 6.92 Å². The summed E-state index contributed by atoms with van der Waals surface area (Å²) in [5, 5.41) is 10.3. The molecule has 0 bridgehead atoms. The standard InChI is InChI=1S/C23H36NO9P/c1-17(25)24(28)14-13-19(18-11-9-8-10-12-18)34(29,32-15-30-20(26)22(2,3)4)33-16-31-21(27)23(5,6)7/h8-12,19,28H,13-16H2,1-7H3. The summed E-state index contributed by atoms with van der Waals surface area (Å²) >= 11 is 0. The molecule has 0 aliphatic carbocycles. The lowest BCUT2D eigenvalue weighted by atomic mass is 9.98. The van der Waals surface area contributed by atoms with Gasteiger partial charge in [-0.1, -0.05) is 30.3 Å². The lowest BCUT2D eigenvalue weighted by molar-refractivity contribution is -0.164. The van der Waals surface area contributed by atoms with Gasteiger partial charge in [0.1, 0.15) is 0 Å². The smallest absolute Gasteiger partial charge is 0.343 e. The third-order valence-electron chi connectivity index (χ3n) is 4.61. The van der Waals surface area contributed by atoms with Crippen molar-refractivity contribution in [1.82, 2.24) is 5.06 Å². The molecule has 0 heterocycles. The third-order valence-corrected chi connectivity index (χ3v) is 6.86. The second-order valence-electron chi connectivity index (χ2n) is 9.75. The second kappa shape index (κ2) is 12.4. The van der Waals surface area contributed by atoms with E-state index in [1.54, 1.807) is 71.9 Å². The zero-order valence-corrected chi connectivity index (χ0v) is 21.8. The summed E-state index contributed by atoms with van der Waals surface area (Å²) in [7, 11) is -4.16. The molecule has 0 saturated heterocycles. The number of rotatable bonds is 11. The molecule has 1 unspecified atom stereocenters. The van der Waals surface area contributed by atoms with Crippen LogP contribution in [0.3, 0.4) is 0 Å². The number of nitrogens with zero attached hydrogens (tertiary/aromatic N) is 1. The first-order chi connectivity index (χ1) is 15.6. The van der Waals surface area contributed by atoms with E-state index in [-0.39, 0.29) is 13.0 Å². The number of hydrogen-bond donors (Lipinski definition) is 1. The average Bonchev–Trinajstić information content (AvgIpc) is 2.72. The van der Waals surface area contributed by atoms with Gasteiger partial charge >= 0.3 is 19.5 Å². The van der Waals surface area contributed by atoms with Crippen LogP contribution in [0.2, 0.25) is 0 Å². The summed E-state index contributed by atoms with van der Waals surface area (Å²) in [5.41, 5.74) is -2.06. The number of benzene rings is 1. The summed E-state index contributed by atoms with van der Waals surface area (Å²) in [6.45, 7) is 9.60. The van der Waals surface area contributed by atoms with Gasteiger partial charge < -0.3 is 9.47 Å². The fraction of sp³-hybridized carbons (Fsp3) is 0.609. The minimum atomic E-state index is -4.16. The van der Waals surface area contributed by atoms with Crippen molar-refractivity contribution in [3.8, 4) is 0 Å². The first-order valence-electron chi connectivity index (χ1n) is 10.8. The van der Waals surface area contributed by atoms with Gasteiger partial charge in [0, 0.05) is 13.5 Å². The Morgan fingerprint density at radius 1 is 0.912 bits per heavy atom. The molecule has 1 aromatic carbocycles. The van der Waals surface area contributed by atoms with Crippen LogP contribution in [-0.2, 0) is 37.5 Å². The van der Waals surface area contributed by atoms with Crippen LogP contribution in [0.4, 0.5) is 0 Å². The van der Waals surface area contributed by atoms with E-state index in [9.17, 15) is 24.2 Å². The van der Waals surface area contributed by atoms with E-state index in [0.717, 1.165) is 0 Å². The molecule has 1 aromatic rings. The molecule has 1 atom stereocenters. The summed E-state index contributed by atoms with van der Waals surface area (Å²) < 4.78 is 35.1. The summed E-state index contributed by atoms with van der Waals surface area (Å²) in [4.78, 5) is 35.7. The van der Waals surface area contributed by atoms with Crippen molar-refractivity contribution < 1.29 is 42.7 Å². The van der Waals surface area contributed by atoms with Crippen LogP contribution < -0.4 is 0 Å². The van der Waals surface area contributed by atoms with Gasteiger partial charge in [-0.2, -0.15) is 0 Å². The van der Waals surface area contributed by atoms with Crippen molar-refractivity contribution in [2.24, 2.45) is 10.8 Å². The largest absolute Gasteiger partial charge is 0.438 e. The lowest BCUT2D eigenvalue weighted by Gasteiger charge is -2.28. The summed E-state index contributed by atoms with van der Waals surface area (Å²) in [5.74, 6) is -1.75. The van der Waals surface area contributed by atoms with Gasteiger partial charge in [-0.25, -0.2) is 5.06 Å². The Bertz CT molecular complexity index is 839. The monoisotopic (exact) mass is 501 g/mol. The minimum absolute atomic E-state index is 0.0161. The lowest BCUT2D eigenvalue weighted by Crippen LogP contribution is -2.28. The van der Waals surface area contributed by atoms with E-state index in [2.05, 4.69) is 0 Å². The number of esters is 2. The molecular weight excluding hydrogens is 465 g/mol. The molecule has 10 nitrogen and oxygen atoms in total. The van der Waals surface area contributed by atoms with Gasteiger partial charge in [0.25, 0.3) is 0 Å². The molecule has 0 saturated carbocycles. The zero-order valence-electron chi connectivity index (χ0n) is 20.9. The number of amides is 1. The van der Waals surface area contributed by atoms with Crippen molar-refractivity contribution in [3.05, 3.63) is 35.9 Å². The van der Waals surface area contributed by atoms with E-state index >= 15 is 0 Å². The molecule has 0 aliphatic rings. The average molecular weight is 502 g/mol. The molecule has 1 N–H and O–H groups in total. The van der Waals surface area contributed by atoms with E-state index in [0.29, 0.717) is 10.6 Å². The normalized spacial score (nSPS) is 13.2. The molecule has 0 aromatic heterocycles. The van der Waals surface area contributed by atoms with Crippen molar-refractivity contribution in [2.45, 2.75) is 60.5 Å². The fourth-order valence-corrected chi connectivity index (χ4v) is 4.34. The van der Waals surface area contributed by atoms with E-state index in [1.807, 2.05) is 0 Å². The molecule has 0 aliphatic heterocycles. The van der Waals surface area contributed by atoms with Gasteiger partial charge in [0.15, 0.2) is 0 Å². The molecule has 0 radical (unpaired) electrons. The maximum Gasteiger partial charge on any atom is 0.343 e. The number of hydrogen-bond acceptors (Lipinski definition) is 9. The van der Waals surface area contributed by atoms with Gasteiger partial charge in [0.2, 0.25) is 19.5 Å². The zero-order chi connectivity index (χ0) is 26.2. The van der Waals surface area contributed by atoms with E-state index < -0.39 is 55.5 Å². The molecule has 0 spiro atoms. The van der Waals surface area contributed by atoms with Crippen LogP contribution in [0.1, 0.15) is 66.1 Å². The number of ether oxygens (including phenoxy) is 2. The Morgan fingerprint density at radius 2 is 1.35 bits per heavy atom. The molecule has 192 valence electrons. The van der Waals surface area contributed by atoms with Crippen molar-refractivity contribution in [2.75, 3.05) is 20.1 Å². The van der Waals surface area contributed by atoms with Crippen LogP contribution >= 0.6 is 7.60 Å². The Morgan fingerprint density at radius 3 is 1.74 bits per heavy atom. The van der Waals surface area contributed by atoms with Crippen molar-refractivity contribution in [1.29, 1.82) is 0 Å². The number of carbonyl (C=O) groups is 3. The van der Waals surface area contributed by atoms with Gasteiger partial charge in [-0.3, -0.25) is 33.2 Å². The predicted octanol–water partition coefficient (Wildman–Crippen LogP) is 4.68. The second-order valence-corrected chi connectivity index (χ2v) is 12.0. The van der Waals surface area contributed by atoms with Gasteiger partial charge in [-0.05, 0) is 53.5 Å². The number of carbonyl (C=O) groups excluding carboxylic acids is 3. The minimum Gasteiger partial charge on any atom is -0.438 e. The van der Waals surface area contributed by atoms with Crippen LogP contribution in [0.15, 0.2) is 30.3 Å². The predicted molar refractivity (Wildman–Crippen MR) is 124 cm³/mol. The van der Waals surface area contributed by atoms with Gasteiger partial charge in [0.05, 0.1) is 16.5 Å². The summed E-state index contributed by atoms with van der Waals surface area (Å²) in [6, 6.07) is 8.56. The first kappa shape index (κ1) is 29.8. The maximum absolute atomic E-state index is 13.9. The molecule has 1 amide bonds. The van der Waals surface area contributed by atoms with Crippen LogP contribution in [0.25, 0.3) is 0 Å². The molecule has 34 heavy (non-hydrogen) atoms. The van der Waals surface area contributed by atoms with Crippen LogP contribution in [0, 0.1) is 10.8 Å².